The molecule has 0 saturated carbocycles. The molecule has 0 atom stereocenters. The Hall–Kier alpha value is -7.34. The van der Waals surface area contributed by atoms with Crippen LogP contribution in [-0.2, 0) is 32.3 Å². The summed E-state index contributed by atoms with van der Waals surface area (Å²) in [7, 11) is 3.17. The van der Waals surface area contributed by atoms with Gasteiger partial charge in [0.1, 0.15) is 21.6 Å². The molecule has 10 rings (SSSR count). The molecule has 2 aliphatic rings. The quantitative estimate of drug-likeness (QED) is 0.130. The van der Waals surface area contributed by atoms with Crippen LogP contribution in [-0.4, -0.2) is 62.6 Å². The van der Waals surface area contributed by atoms with Crippen molar-refractivity contribution < 1.29 is 28.7 Å². The van der Waals surface area contributed by atoms with Crippen molar-refractivity contribution in [3.05, 3.63) is 178 Å². The van der Waals surface area contributed by atoms with E-state index in [0.717, 1.165) is 54.7 Å². The van der Waals surface area contributed by atoms with E-state index in [0.29, 0.717) is 16.9 Å². The summed E-state index contributed by atoms with van der Waals surface area (Å²) in [5, 5.41) is 2.63. The molecule has 312 valence electrons. The number of hydrogen-bond acceptors (Lipinski definition) is 6. The van der Waals surface area contributed by atoms with Crippen LogP contribution in [0.3, 0.4) is 0 Å². The zero-order chi connectivity index (χ0) is 42.6. The number of imide groups is 2. The number of nitrogens with one attached hydrogen (secondary N) is 3. The predicted molar refractivity (Wildman–Crippen MR) is 244 cm³/mol. The Bertz CT molecular complexity index is 2870. The summed E-state index contributed by atoms with van der Waals surface area (Å²) in [6.07, 6.45) is 5.58. The first kappa shape index (κ1) is 42.8. The highest BCUT2D eigenvalue weighted by molar-refractivity contribution is 6.58. The van der Waals surface area contributed by atoms with Gasteiger partial charge in [0.15, 0.2) is 0 Å². The molecule has 0 bridgehead atoms. The van der Waals surface area contributed by atoms with Crippen LogP contribution in [0, 0.1) is 0 Å². The first-order chi connectivity index (χ1) is 29.7. The summed E-state index contributed by atoms with van der Waals surface area (Å²) >= 11 is 11.3. The van der Waals surface area contributed by atoms with Gasteiger partial charge in [-0.25, -0.2) is 0 Å². The van der Waals surface area contributed by atoms with Crippen molar-refractivity contribution in [2.24, 2.45) is 0 Å². The molecule has 2 aliphatic heterocycles. The van der Waals surface area contributed by atoms with Gasteiger partial charge in [-0.15, -0.1) is 0 Å². The maximum Gasteiger partial charge on any atom is 0.274 e. The molecule has 0 radical (unpaired) electrons. The normalized spacial score (nSPS) is 13.7. The standard InChI is InChI=1S/C28H21N3O3.C12H9Cl2NO3.C8H7N.CH4/c1-34-18-12-10-17(11-13-18)16-31-27(32)25(21-14-29-23-8-4-2-6-19(21)23)26(28(31)33)22-15-30-24-9-5-3-7-20(22)24;1-18-8-4-2-7(3-5-8)6-15-11(16)9(13)10(14)12(15)17;1-2-4-8-7(3-1)5-6-9-8;/h2-15,29-30H,16H2,1H3;2-5H,6H2,1H3;1-6,9H;1H4. The van der Waals surface area contributed by atoms with Gasteiger partial charge in [-0.2, -0.15) is 0 Å². The van der Waals surface area contributed by atoms with Gasteiger partial charge in [-0.05, 0) is 65.0 Å². The van der Waals surface area contributed by atoms with E-state index in [1.54, 1.807) is 38.5 Å². The van der Waals surface area contributed by atoms with Gasteiger partial charge in [-0.3, -0.25) is 29.0 Å². The number of hydrogen-bond donors (Lipinski definition) is 3. The topological polar surface area (TPSA) is 141 Å². The molecular weight excluding hydrogens is 825 g/mol. The van der Waals surface area contributed by atoms with E-state index in [4.69, 9.17) is 32.7 Å². The van der Waals surface area contributed by atoms with E-state index >= 15 is 0 Å². The number of carbonyl (C=O) groups excluding carboxylic acids is 4. The van der Waals surface area contributed by atoms with E-state index in [2.05, 4.69) is 33.2 Å². The third kappa shape index (κ3) is 8.36. The molecule has 8 aromatic rings. The van der Waals surface area contributed by atoms with E-state index in [-0.39, 0.29) is 42.4 Å². The molecule has 13 heteroatoms. The largest absolute Gasteiger partial charge is 0.497 e. The summed E-state index contributed by atoms with van der Waals surface area (Å²) in [5.41, 5.74) is 6.96. The van der Waals surface area contributed by atoms with E-state index < -0.39 is 11.8 Å². The number of carbonyl (C=O) groups is 4. The van der Waals surface area contributed by atoms with Crippen LogP contribution in [0.1, 0.15) is 29.7 Å². The average molecular weight is 867 g/mol. The van der Waals surface area contributed by atoms with Gasteiger partial charge in [0.2, 0.25) is 0 Å². The van der Waals surface area contributed by atoms with Gasteiger partial charge in [0.25, 0.3) is 23.6 Å². The molecule has 0 spiro atoms. The Labute approximate surface area is 367 Å². The van der Waals surface area contributed by atoms with Gasteiger partial charge >= 0.3 is 0 Å². The molecule has 5 heterocycles. The Morgan fingerprint density at radius 1 is 0.484 bits per heavy atom. The third-order valence-corrected chi connectivity index (χ3v) is 11.2. The lowest BCUT2D eigenvalue weighted by Crippen LogP contribution is -2.30. The third-order valence-electron chi connectivity index (χ3n) is 10.4. The average Bonchev–Trinajstić information content (AvgIpc) is 4.13. The SMILES string of the molecule is C.COc1ccc(CN2C(=O)C(Cl)=C(Cl)C2=O)cc1.COc1ccc(CN2C(=O)C(c3c[nH]c4ccccc34)=C(c3c[nH]c4ccccc34)C2=O)cc1.c1ccc2[nH]ccc2c1. The number of nitrogens with zero attached hydrogens (tertiary/aromatic N) is 2. The van der Waals surface area contributed by atoms with Crippen LogP contribution in [0.4, 0.5) is 0 Å². The van der Waals surface area contributed by atoms with Crippen molar-refractivity contribution in [3.63, 3.8) is 0 Å². The lowest BCUT2D eigenvalue weighted by atomic mass is 9.95. The number of fused-ring (bicyclic) bond motifs is 3. The van der Waals surface area contributed by atoms with Crippen molar-refractivity contribution >= 4 is 90.7 Å². The van der Waals surface area contributed by atoms with Crippen LogP contribution in [0.25, 0.3) is 43.9 Å². The zero-order valence-electron chi connectivity index (χ0n) is 32.9. The van der Waals surface area contributed by atoms with Crippen LogP contribution < -0.4 is 9.47 Å². The summed E-state index contributed by atoms with van der Waals surface area (Å²) in [4.78, 5) is 62.9. The van der Waals surface area contributed by atoms with Crippen LogP contribution in [0.5, 0.6) is 11.5 Å². The maximum atomic E-state index is 13.8. The van der Waals surface area contributed by atoms with E-state index in [1.165, 1.54) is 15.8 Å². The molecule has 3 aromatic heterocycles. The highest BCUT2D eigenvalue weighted by Crippen LogP contribution is 2.41. The number of rotatable bonds is 8. The van der Waals surface area contributed by atoms with Crippen LogP contribution in [0.15, 0.2) is 156 Å². The Morgan fingerprint density at radius 3 is 1.32 bits per heavy atom. The van der Waals surface area contributed by atoms with E-state index in [1.807, 2.05) is 104 Å². The fourth-order valence-electron chi connectivity index (χ4n) is 7.26. The van der Waals surface area contributed by atoms with Gasteiger partial charge in [0, 0.05) is 57.0 Å². The number of aromatic nitrogens is 3. The number of methoxy groups -OCH3 is 2. The molecule has 0 saturated heterocycles. The molecule has 4 amide bonds. The summed E-state index contributed by atoms with van der Waals surface area (Å²) in [5.74, 6) is -0.311. The number of amides is 4. The molecule has 0 unspecified atom stereocenters. The molecule has 62 heavy (non-hydrogen) atoms. The Kier molecular flexibility index (Phi) is 12.8. The van der Waals surface area contributed by atoms with Crippen molar-refractivity contribution in [2.45, 2.75) is 20.5 Å². The lowest BCUT2D eigenvalue weighted by Gasteiger charge is -2.15. The fourth-order valence-corrected chi connectivity index (χ4v) is 7.62. The first-order valence-corrected chi connectivity index (χ1v) is 19.8. The van der Waals surface area contributed by atoms with Crippen molar-refractivity contribution in [1.82, 2.24) is 24.8 Å². The molecule has 3 N–H and O–H groups in total. The second-order valence-corrected chi connectivity index (χ2v) is 14.8. The number of aromatic amines is 3. The van der Waals surface area contributed by atoms with Gasteiger partial charge in [0.05, 0.1) is 38.5 Å². The molecule has 5 aromatic carbocycles. The number of halogens is 2. The molecule has 0 aliphatic carbocycles. The molecule has 11 nitrogen and oxygen atoms in total. The van der Waals surface area contributed by atoms with Gasteiger partial charge < -0.3 is 24.4 Å². The first-order valence-electron chi connectivity index (χ1n) is 19.1. The van der Waals surface area contributed by atoms with E-state index in [9.17, 15) is 19.2 Å². The minimum atomic E-state index is -0.567. The summed E-state index contributed by atoms with van der Waals surface area (Å²) < 4.78 is 10.3. The molecular formula is C49H41Cl2N5O6. The van der Waals surface area contributed by atoms with Crippen molar-refractivity contribution in [2.75, 3.05) is 14.2 Å². The highest BCUT2D eigenvalue weighted by Gasteiger charge is 2.41. The number of H-pyrrole nitrogens is 3. The second-order valence-electron chi connectivity index (χ2n) is 14.0. The fraction of sp³-hybridized carbons (Fsp3) is 0.102. The smallest absolute Gasteiger partial charge is 0.274 e. The second kappa shape index (κ2) is 18.5. The predicted octanol–water partition coefficient (Wildman–Crippen LogP) is 10.2. The maximum absolute atomic E-state index is 13.8. The summed E-state index contributed by atoms with van der Waals surface area (Å²) in [6, 6.07) is 40.3. The minimum absolute atomic E-state index is 0. The Balaban J connectivity index is 0.000000171. The van der Waals surface area contributed by atoms with Crippen LogP contribution in [0.2, 0.25) is 0 Å². The monoisotopic (exact) mass is 865 g/mol. The van der Waals surface area contributed by atoms with Crippen LogP contribution >= 0.6 is 23.2 Å². The zero-order valence-corrected chi connectivity index (χ0v) is 34.4. The lowest BCUT2D eigenvalue weighted by molar-refractivity contribution is -0.138. The van der Waals surface area contributed by atoms with Crippen molar-refractivity contribution in [1.29, 1.82) is 0 Å². The number of para-hydroxylation sites is 3. The minimum Gasteiger partial charge on any atom is -0.497 e. The molecule has 0 fully saturated rings. The number of benzene rings is 5. The summed E-state index contributed by atoms with van der Waals surface area (Å²) in [6.45, 7) is 0.313. The van der Waals surface area contributed by atoms with Gasteiger partial charge in [-0.1, -0.05) is 109 Å². The highest BCUT2D eigenvalue weighted by atomic mass is 35.5. The Morgan fingerprint density at radius 2 is 0.887 bits per heavy atom. The van der Waals surface area contributed by atoms with Crippen molar-refractivity contribution in [3.8, 4) is 11.5 Å². The number of ether oxygens (including phenoxy) is 2.